The predicted molar refractivity (Wildman–Crippen MR) is 96.0 cm³/mol. The van der Waals surface area contributed by atoms with Crippen LogP contribution in [0.15, 0.2) is 30.5 Å². The minimum absolute atomic E-state index is 0.0225. The molecule has 152 valence electrons. The molecule has 1 aromatic carbocycles. The monoisotopic (exact) mass is 397 g/mol. The smallest absolute Gasteiger partial charge is 0.506 e. The van der Waals surface area contributed by atoms with Crippen molar-refractivity contribution < 1.29 is 28.1 Å². The summed E-state index contributed by atoms with van der Waals surface area (Å²) in [5.41, 5.74) is 2.10. The van der Waals surface area contributed by atoms with Crippen LogP contribution in [0.4, 0.5) is 13.2 Å². The van der Waals surface area contributed by atoms with Gasteiger partial charge < -0.3 is 20.3 Å². The van der Waals surface area contributed by atoms with Gasteiger partial charge in [0.2, 0.25) is 0 Å². The number of hydrogen-bond acceptors (Lipinski definition) is 6. The highest BCUT2D eigenvalue weighted by atomic mass is 19.4. The fourth-order valence-electron chi connectivity index (χ4n) is 3.44. The molecule has 1 aliphatic rings. The van der Waals surface area contributed by atoms with Crippen molar-refractivity contribution in [3.63, 3.8) is 0 Å². The summed E-state index contributed by atoms with van der Waals surface area (Å²) < 4.78 is 41.3. The standard InChI is InChI=1S/C19H22F3N3O3/c1-12-18(27)16(14(11-26)10-24-12)17(25-8-6-23-7-9-25)13-2-4-15(5-3-13)28-19(20,21)22/h2-5,10,17,23,26-27H,6-9,11H2,1H3/t17-/m0/s1. The number of aliphatic hydroxyl groups is 1. The van der Waals surface area contributed by atoms with Crippen molar-refractivity contribution in [1.29, 1.82) is 0 Å². The highest BCUT2D eigenvalue weighted by molar-refractivity contribution is 5.48. The molecule has 0 aliphatic carbocycles. The number of aromatic hydroxyl groups is 1. The van der Waals surface area contributed by atoms with E-state index < -0.39 is 12.4 Å². The Morgan fingerprint density at radius 3 is 2.43 bits per heavy atom. The molecule has 1 fully saturated rings. The molecule has 0 saturated carbocycles. The Morgan fingerprint density at radius 1 is 1.21 bits per heavy atom. The minimum atomic E-state index is -4.76. The molecule has 0 bridgehead atoms. The number of alkyl halides is 3. The first-order chi connectivity index (χ1) is 13.3. The Morgan fingerprint density at radius 2 is 1.86 bits per heavy atom. The summed E-state index contributed by atoms with van der Waals surface area (Å²) in [6, 6.07) is 5.16. The maximum Gasteiger partial charge on any atom is 0.573 e. The number of aliphatic hydroxyl groups excluding tert-OH is 1. The van der Waals surface area contributed by atoms with Crippen molar-refractivity contribution in [2.24, 2.45) is 0 Å². The molecule has 1 aliphatic heterocycles. The first-order valence-corrected chi connectivity index (χ1v) is 8.89. The van der Waals surface area contributed by atoms with E-state index >= 15 is 0 Å². The molecule has 2 aromatic rings. The molecular formula is C19H22F3N3O3. The van der Waals surface area contributed by atoms with Crippen molar-refractivity contribution in [2.75, 3.05) is 26.2 Å². The summed E-state index contributed by atoms with van der Waals surface area (Å²) in [5.74, 6) is -0.335. The lowest BCUT2D eigenvalue weighted by molar-refractivity contribution is -0.274. The second-order valence-electron chi connectivity index (χ2n) is 6.59. The number of hydrogen-bond donors (Lipinski definition) is 3. The Kier molecular flexibility index (Phi) is 6.07. The van der Waals surface area contributed by atoms with E-state index in [0.29, 0.717) is 35.5 Å². The van der Waals surface area contributed by atoms with Crippen LogP contribution in [-0.2, 0) is 6.61 Å². The van der Waals surface area contributed by atoms with E-state index in [9.17, 15) is 23.4 Å². The van der Waals surface area contributed by atoms with Gasteiger partial charge in [0.05, 0.1) is 18.3 Å². The van der Waals surface area contributed by atoms with E-state index in [4.69, 9.17) is 0 Å². The number of aromatic nitrogens is 1. The molecule has 3 rings (SSSR count). The van der Waals surface area contributed by atoms with Gasteiger partial charge in [-0.25, -0.2) is 0 Å². The highest BCUT2D eigenvalue weighted by Gasteiger charge is 2.32. The lowest BCUT2D eigenvalue weighted by Crippen LogP contribution is -2.45. The molecule has 2 heterocycles. The summed E-state index contributed by atoms with van der Waals surface area (Å²) in [4.78, 5) is 6.21. The molecule has 0 amide bonds. The van der Waals surface area contributed by atoms with Crippen molar-refractivity contribution in [3.8, 4) is 11.5 Å². The fourth-order valence-corrected chi connectivity index (χ4v) is 3.44. The third-order valence-electron chi connectivity index (χ3n) is 4.75. The number of benzene rings is 1. The van der Waals surface area contributed by atoms with E-state index in [0.717, 1.165) is 13.1 Å². The number of nitrogens with zero attached hydrogens (tertiary/aromatic N) is 2. The van der Waals surface area contributed by atoms with Crippen LogP contribution in [0.3, 0.4) is 0 Å². The molecule has 9 heteroatoms. The highest BCUT2D eigenvalue weighted by Crippen LogP contribution is 2.38. The summed E-state index contributed by atoms with van der Waals surface area (Å²) in [6.07, 6.45) is -3.25. The summed E-state index contributed by atoms with van der Waals surface area (Å²) in [6.45, 7) is 4.19. The molecule has 3 N–H and O–H groups in total. The van der Waals surface area contributed by atoms with Crippen molar-refractivity contribution in [3.05, 3.63) is 52.8 Å². The van der Waals surface area contributed by atoms with Crippen LogP contribution in [0, 0.1) is 6.92 Å². The van der Waals surface area contributed by atoms with Crippen LogP contribution >= 0.6 is 0 Å². The van der Waals surface area contributed by atoms with E-state index in [1.165, 1.54) is 18.3 Å². The average molecular weight is 397 g/mol. The molecule has 1 aromatic heterocycles. The average Bonchev–Trinajstić information content (AvgIpc) is 2.66. The van der Waals surface area contributed by atoms with Gasteiger partial charge in [-0.15, -0.1) is 13.2 Å². The Bertz CT molecular complexity index is 807. The first kappa shape index (κ1) is 20.4. The number of halogens is 3. The lowest BCUT2D eigenvalue weighted by Gasteiger charge is -2.36. The maximum atomic E-state index is 12.4. The van der Waals surface area contributed by atoms with Gasteiger partial charge in [-0.1, -0.05) is 12.1 Å². The van der Waals surface area contributed by atoms with Crippen LogP contribution < -0.4 is 10.1 Å². The van der Waals surface area contributed by atoms with Crippen LogP contribution in [0.25, 0.3) is 0 Å². The Balaban J connectivity index is 2.05. The van der Waals surface area contributed by atoms with Crippen molar-refractivity contribution >= 4 is 0 Å². The van der Waals surface area contributed by atoms with E-state index in [1.807, 2.05) is 0 Å². The van der Waals surface area contributed by atoms with Gasteiger partial charge in [0.25, 0.3) is 0 Å². The van der Waals surface area contributed by atoms with Gasteiger partial charge in [-0.2, -0.15) is 0 Å². The maximum absolute atomic E-state index is 12.4. The SMILES string of the molecule is Cc1ncc(CO)c([C@H](c2ccc(OC(F)(F)F)cc2)N2CCNCC2)c1O. The molecule has 1 atom stereocenters. The zero-order chi connectivity index (χ0) is 20.3. The van der Waals surface area contributed by atoms with Crippen molar-refractivity contribution in [1.82, 2.24) is 15.2 Å². The van der Waals surface area contributed by atoms with E-state index in [2.05, 4.69) is 19.9 Å². The van der Waals surface area contributed by atoms with Gasteiger partial charge in [0.15, 0.2) is 0 Å². The molecule has 28 heavy (non-hydrogen) atoms. The van der Waals surface area contributed by atoms with E-state index in [1.54, 1.807) is 19.1 Å². The molecule has 0 unspecified atom stereocenters. The zero-order valence-corrected chi connectivity index (χ0v) is 15.3. The largest absolute Gasteiger partial charge is 0.573 e. The molecule has 1 saturated heterocycles. The van der Waals surface area contributed by atoms with Gasteiger partial charge in [0, 0.05) is 43.5 Å². The Hall–Kier alpha value is -2.36. The van der Waals surface area contributed by atoms with Gasteiger partial charge in [-0.3, -0.25) is 9.88 Å². The number of piperazine rings is 1. The second kappa shape index (κ2) is 8.34. The van der Waals surface area contributed by atoms with Crippen LogP contribution in [0.5, 0.6) is 11.5 Å². The topological polar surface area (TPSA) is 77.9 Å². The minimum Gasteiger partial charge on any atom is -0.506 e. The predicted octanol–water partition coefficient (Wildman–Crippen LogP) is 2.48. The van der Waals surface area contributed by atoms with Crippen LogP contribution in [0.2, 0.25) is 0 Å². The number of pyridine rings is 1. The zero-order valence-electron chi connectivity index (χ0n) is 15.3. The fraction of sp³-hybridized carbons (Fsp3) is 0.421. The number of nitrogens with one attached hydrogen (secondary N) is 1. The van der Waals surface area contributed by atoms with Gasteiger partial charge >= 0.3 is 6.36 Å². The number of aryl methyl sites for hydroxylation is 1. The molecular weight excluding hydrogens is 375 g/mol. The van der Waals surface area contributed by atoms with Gasteiger partial charge in [0.1, 0.15) is 11.5 Å². The van der Waals surface area contributed by atoms with E-state index in [-0.39, 0.29) is 18.1 Å². The normalized spacial score (nSPS) is 16.8. The van der Waals surface area contributed by atoms with Crippen LogP contribution in [-0.4, -0.2) is 52.6 Å². The van der Waals surface area contributed by atoms with Gasteiger partial charge in [-0.05, 0) is 24.6 Å². The van der Waals surface area contributed by atoms with Crippen LogP contribution in [0.1, 0.15) is 28.4 Å². The first-order valence-electron chi connectivity index (χ1n) is 8.89. The lowest BCUT2D eigenvalue weighted by atomic mass is 9.92. The quantitative estimate of drug-likeness (QED) is 0.720. The summed E-state index contributed by atoms with van der Waals surface area (Å²) in [7, 11) is 0. The molecule has 0 radical (unpaired) electrons. The Labute approximate surface area is 160 Å². The number of rotatable bonds is 5. The second-order valence-corrected chi connectivity index (χ2v) is 6.59. The van der Waals surface area contributed by atoms with Crippen molar-refractivity contribution in [2.45, 2.75) is 25.9 Å². The molecule has 0 spiro atoms. The third kappa shape index (κ3) is 4.54. The number of ether oxygens (including phenoxy) is 1. The molecule has 6 nitrogen and oxygen atoms in total. The summed E-state index contributed by atoms with van der Waals surface area (Å²) in [5, 5.41) is 23.7. The summed E-state index contributed by atoms with van der Waals surface area (Å²) >= 11 is 0. The third-order valence-corrected chi connectivity index (χ3v) is 4.75.